The number of rotatable bonds is 4. The van der Waals surface area contributed by atoms with Gasteiger partial charge in [0.05, 0.1) is 12.9 Å². The van der Waals surface area contributed by atoms with Crippen molar-refractivity contribution in [3.63, 3.8) is 0 Å². The number of piperidine rings is 1. The van der Waals surface area contributed by atoms with Gasteiger partial charge in [-0.25, -0.2) is 12.7 Å². The lowest BCUT2D eigenvalue weighted by atomic mass is 9.71. The summed E-state index contributed by atoms with van der Waals surface area (Å²) in [6.45, 7) is 5.55. The summed E-state index contributed by atoms with van der Waals surface area (Å²) in [6.07, 6.45) is 3.23. The fourth-order valence-corrected chi connectivity index (χ4v) is 5.47. The summed E-state index contributed by atoms with van der Waals surface area (Å²) in [5.74, 6) is 0.264. The van der Waals surface area contributed by atoms with Crippen LogP contribution in [0.3, 0.4) is 0 Å². The molecule has 1 unspecified atom stereocenters. The molecule has 23 heavy (non-hydrogen) atoms. The Bertz CT molecular complexity index is 653. The van der Waals surface area contributed by atoms with Gasteiger partial charge in [-0.3, -0.25) is 0 Å². The third kappa shape index (κ3) is 3.38. The molecule has 0 aliphatic carbocycles. The van der Waals surface area contributed by atoms with E-state index >= 15 is 0 Å². The van der Waals surface area contributed by atoms with Crippen molar-refractivity contribution in [3.8, 4) is 0 Å². The molecule has 1 aromatic heterocycles. The largest absolute Gasteiger partial charge is 0.384 e. The number of aromatic nitrogens is 2. The molecule has 0 N–H and O–H groups in total. The number of anilines is 1. The van der Waals surface area contributed by atoms with E-state index in [2.05, 4.69) is 15.1 Å². The lowest BCUT2D eigenvalue weighted by molar-refractivity contribution is 0.0764. The highest BCUT2D eigenvalue weighted by Crippen LogP contribution is 2.46. The van der Waals surface area contributed by atoms with Crippen LogP contribution in [0, 0.1) is 18.3 Å². The molecule has 0 saturated carbocycles. The molecule has 3 rings (SSSR count). The number of aryl methyl sites for hydroxylation is 1. The number of hydrogen-bond acceptors (Lipinski definition) is 7. The van der Waals surface area contributed by atoms with E-state index in [1.54, 1.807) is 22.8 Å². The van der Waals surface area contributed by atoms with Gasteiger partial charge in [0.25, 0.3) is 0 Å². The zero-order valence-corrected chi connectivity index (χ0v) is 15.5. The lowest BCUT2D eigenvalue weighted by Gasteiger charge is -2.42. The number of ether oxygens (including phenoxy) is 1. The maximum Gasteiger partial charge on any atom is 0.211 e. The normalized spacial score (nSPS) is 25.3. The first-order valence-corrected chi connectivity index (χ1v) is 10.5. The van der Waals surface area contributed by atoms with E-state index in [4.69, 9.17) is 4.74 Å². The van der Waals surface area contributed by atoms with E-state index in [1.165, 1.54) is 6.26 Å². The van der Waals surface area contributed by atoms with Crippen LogP contribution < -0.4 is 4.90 Å². The van der Waals surface area contributed by atoms with Crippen LogP contribution >= 0.6 is 11.3 Å². The number of nitrogens with zero attached hydrogens (tertiary/aromatic N) is 4. The average Bonchev–Trinajstić information content (AvgIpc) is 3.06. The molecule has 1 atom stereocenters. The van der Waals surface area contributed by atoms with Crippen molar-refractivity contribution in [3.05, 3.63) is 5.01 Å². The van der Waals surface area contributed by atoms with Gasteiger partial charge in [-0.05, 0) is 25.2 Å². The standard InChI is InChI=1S/C14H24N4O3S2/c1-11-15-16-13(22-11)17-6-4-14(5-7-17)10-18(23(3,19)20)8-12(14)9-21-2/h12H,4-10H2,1-3H3. The molecule has 9 heteroatoms. The van der Waals surface area contributed by atoms with Gasteiger partial charge in [0, 0.05) is 39.2 Å². The fourth-order valence-electron chi connectivity index (χ4n) is 3.79. The molecule has 0 radical (unpaired) electrons. The van der Waals surface area contributed by atoms with Crippen molar-refractivity contribution in [1.29, 1.82) is 0 Å². The Hall–Kier alpha value is -0.770. The predicted octanol–water partition coefficient (Wildman–Crippen LogP) is 0.971. The molecule has 2 aliphatic rings. The summed E-state index contributed by atoms with van der Waals surface area (Å²) in [4.78, 5) is 2.27. The lowest BCUT2D eigenvalue weighted by Crippen LogP contribution is -2.45. The van der Waals surface area contributed by atoms with E-state index in [1.807, 2.05) is 6.92 Å². The zero-order chi connectivity index (χ0) is 16.7. The molecule has 1 spiro atoms. The summed E-state index contributed by atoms with van der Waals surface area (Å²) < 4.78 is 30.9. The topological polar surface area (TPSA) is 75.6 Å². The molecule has 2 aliphatic heterocycles. The Kier molecular flexibility index (Phi) is 4.65. The van der Waals surface area contributed by atoms with Gasteiger partial charge in [0.2, 0.25) is 15.2 Å². The molecule has 0 amide bonds. The molecule has 3 heterocycles. The van der Waals surface area contributed by atoms with Gasteiger partial charge in [0.15, 0.2) is 0 Å². The van der Waals surface area contributed by atoms with Crippen molar-refractivity contribution < 1.29 is 13.2 Å². The minimum Gasteiger partial charge on any atom is -0.384 e. The quantitative estimate of drug-likeness (QED) is 0.796. The SMILES string of the molecule is COCC1CN(S(C)(=O)=O)CC12CCN(c1nnc(C)s1)CC2. The molecule has 0 aromatic carbocycles. The molecular weight excluding hydrogens is 336 g/mol. The van der Waals surface area contributed by atoms with Crippen LogP contribution in [0.15, 0.2) is 0 Å². The minimum atomic E-state index is -3.15. The number of hydrogen-bond donors (Lipinski definition) is 0. The van der Waals surface area contributed by atoms with Crippen LogP contribution in [0.4, 0.5) is 5.13 Å². The van der Waals surface area contributed by atoms with Crippen LogP contribution in [0.1, 0.15) is 17.8 Å². The third-order valence-electron chi connectivity index (χ3n) is 5.16. The van der Waals surface area contributed by atoms with Crippen molar-refractivity contribution in [1.82, 2.24) is 14.5 Å². The molecule has 1 aromatic rings. The number of methoxy groups -OCH3 is 1. The van der Waals surface area contributed by atoms with Crippen LogP contribution in [-0.2, 0) is 14.8 Å². The van der Waals surface area contributed by atoms with E-state index in [0.29, 0.717) is 19.7 Å². The monoisotopic (exact) mass is 360 g/mol. The highest BCUT2D eigenvalue weighted by atomic mass is 32.2. The van der Waals surface area contributed by atoms with Gasteiger partial charge in [-0.2, -0.15) is 0 Å². The molecule has 130 valence electrons. The highest BCUT2D eigenvalue weighted by molar-refractivity contribution is 7.88. The van der Waals surface area contributed by atoms with Crippen LogP contribution in [0.25, 0.3) is 0 Å². The summed E-state index contributed by atoms with van der Waals surface area (Å²) in [7, 11) is -1.46. The van der Waals surface area contributed by atoms with Crippen LogP contribution in [0.2, 0.25) is 0 Å². The van der Waals surface area contributed by atoms with Gasteiger partial charge in [-0.1, -0.05) is 11.3 Å². The van der Waals surface area contributed by atoms with E-state index < -0.39 is 10.0 Å². The van der Waals surface area contributed by atoms with E-state index in [0.717, 1.165) is 36.1 Å². The third-order valence-corrected chi connectivity index (χ3v) is 7.28. The van der Waals surface area contributed by atoms with Gasteiger partial charge < -0.3 is 9.64 Å². The van der Waals surface area contributed by atoms with Crippen molar-refractivity contribution in [2.75, 3.05) is 51.1 Å². The second-order valence-corrected chi connectivity index (χ2v) is 9.80. The molecule has 0 bridgehead atoms. The fraction of sp³-hybridized carbons (Fsp3) is 0.857. The maximum atomic E-state index is 12.0. The van der Waals surface area contributed by atoms with Crippen molar-refractivity contribution >= 4 is 26.5 Å². The van der Waals surface area contributed by atoms with E-state index in [-0.39, 0.29) is 11.3 Å². The Balaban J connectivity index is 1.74. The van der Waals surface area contributed by atoms with Gasteiger partial charge in [-0.15, -0.1) is 10.2 Å². The first-order chi connectivity index (χ1) is 10.8. The second kappa shape index (κ2) is 6.27. The van der Waals surface area contributed by atoms with Crippen molar-refractivity contribution in [2.24, 2.45) is 11.3 Å². The first kappa shape index (κ1) is 17.1. The van der Waals surface area contributed by atoms with Crippen LogP contribution in [0.5, 0.6) is 0 Å². The summed E-state index contributed by atoms with van der Waals surface area (Å²) in [5, 5.41) is 10.3. The Morgan fingerprint density at radius 3 is 2.57 bits per heavy atom. The minimum absolute atomic E-state index is 0.0231. The predicted molar refractivity (Wildman–Crippen MR) is 90.3 cm³/mol. The van der Waals surface area contributed by atoms with Crippen LogP contribution in [-0.4, -0.2) is 69.1 Å². The second-order valence-electron chi connectivity index (χ2n) is 6.66. The number of sulfonamides is 1. The highest BCUT2D eigenvalue weighted by Gasteiger charge is 2.50. The molecular formula is C14H24N4O3S2. The summed E-state index contributed by atoms with van der Waals surface area (Å²) in [5.41, 5.74) is 0.0231. The summed E-state index contributed by atoms with van der Waals surface area (Å²) >= 11 is 1.61. The van der Waals surface area contributed by atoms with Gasteiger partial charge in [0.1, 0.15) is 5.01 Å². The average molecular weight is 361 g/mol. The Morgan fingerprint density at radius 2 is 2.04 bits per heavy atom. The van der Waals surface area contributed by atoms with Crippen molar-refractivity contribution in [2.45, 2.75) is 19.8 Å². The molecule has 7 nitrogen and oxygen atoms in total. The zero-order valence-electron chi connectivity index (χ0n) is 13.9. The maximum absolute atomic E-state index is 12.0. The van der Waals surface area contributed by atoms with E-state index in [9.17, 15) is 8.42 Å². The summed E-state index contributed by atoms with van der Waals surface area (Å²) in [6, 6.07) is 0. The molecule has 2 fully saturated rings. The van der Waals surface area contributed by atoms with Gasteiger partial charge >= 0.3 is 0 Å². The molecule has 2 saturated heterocycles. The smallest absolute Gasteiger partial charge is 0.211 e. The first-order valence-electron chi connectivity index (χ1n) is 7.83. The Labute approximate surface area is 141 Å². The Morgan fingerprint density at radius 1 is 1.35 bits per heavy atom.